The number of hydroxylamine groups is 2. The van der Waals surface area contributed by atoms with Crippen molar-refractivity contribution < 1.29 is 4.84 Å². The lowest BCUT2D eigenvalue weighted by atomic mass is 9.91. The van der Waals surface area contributed by atoms with Crippen LogP contribution in [0.2, 0.25) is 0 Å². The molecule has 2 atom stereocenters. The highest BCUT2D eigenvalue weighted by molar-refractivity contribution is 5.60. The van der Waals surface area contributed by atoms with Gasteiger partial charge in [0.1, 0.15) is 0 Å². The van der Waals surface area contributed by atoms with Gasteiger partial charge in [-0.25, -0.2) is 0 Å². The SMILES string of the molecule is CC(C)(C)N1OC1C1=Cc2ccccc2CC1. The Bertz CT molecular complexity index is 470. The van der Waals surface area contributed by atoms with Gasteiger partial charge in [0.25, 0.3) is 0 Å². The van der Waals surface area contributed by atoms with Crippen LogP contribution in [0, 0.1) is 0 Å². The van der Waals surface area contributed by atoms with Crippen LogP contribution in [0.4, 0.5) is 0 Å². The van der Waals surface area contributed by atoms with Crippen molar-refractivity contribution in [2.45, 2.75) is 45.4 Å². The average Bonchev–Trinajstić information content (AvgIpc) is 3.08. The molecular formula is C15H19NO. The van der Waals surface area contributed by atoms with Crippen LogP contribution in [0.5, 0.6) is 0 Å². The van der Waals surface area contributed by atoms with Gasteiger partial charge in [0.15, 0.2) is 6.23 Å². The Kier molecular flexibility index (Phi) is 2.39. The Morgan fingerprint density at radius 1 is 1.18 bits per heavy atom. The zero-order valence-electron chi connectivity index (χ0n) is 10.7. The molecule has 1 aliphatic heterocycles. The molecule has 17 heavy (non-hydrogen) atoms. The third-order valence-corrected chi connectivity index (χ3v) is 3.44. The summed E-state index contributed by atoms with van der Waals surface area (Å²) >= 11 is 0. The fourth-order valence-corrected chi connectivity index (χ4v) is 2.46. The maximum absolute atomic E-state index is 5.70. The molecule has 0 radical (unpaired) electrons. The lowest BCUT2D eigenvalue weighted by Crippen LogP contribution is -2.28. The van der Waals surface area contributed by atoms with Gasteiger partial charge in [0.2, 0.25) is 0 Å². The van der Waals surface area contributed by atoms with Crippen LogP contribution in [-0.2, 0) is 11.3 Å². The molecule has 0 saturated carbocycles. The van der Waals surface area contributed by atoms with Gasteiger partial charge >= 0.3 is 0 Å². The lowest BCUT2D eigenvalue weighted by Gasteiger charge is -2.19. The molecule has 3 rings (SSSR count). The standard InChI is InChI=1S/C15H19NO/c1-15(2,3)16-14(17-16)13-9-8-11-6-4-5-7-12(11)10-13/h4-7,10,14H,8-9H2,1-3H3. The zero-order chi connectivity index (χ0) is 12.0. The number of nitrogens with zero attached hydrogens (tertiary/aromatic N) is 1. The van der Waals surface area contributed by atoms with Crippen LogP contribution in [-0.4, -0.2) is 16.8 Å². The van der Waals surface area contributed by atoms with Crippen molar-refractivity contribution in [3.05, 3.63) is 41.0 Å². The summed E-state index contributed by atoms with van der Waals surface area (Å²) in [6, 6.07) is 8.64. The summed E-state index contributed by atoms with van der Waals surface area (Å²) in [6.45, 7) is 6.55. The molecule has 0 bridgehead atoms. The van der Waals surface area contributed by atoms with Crippen LogP contribution in [0.3, 0.4) is 0 Å². The molecule has 2 unspecified atom stereocenters. The van der Waals surface area contributed by atoms with E-state index in [9.17, 15) is 0 Å². The van der Waals surface area contributed by atoms with E-state index < -0.39 is 0 Å². The van der Waals surface area contributed by atoms with Gasteiger partial charge in [-0.2, -0.15) is 0 Å². The van der Waals surface area contributed by atoms with E-state index >= 15 is 0 Å². The van der Waals surface area contributed by atoms with Gasteiger partial charge in [-0.1, -0.05) is 30.3 Å². The summed E-state index contributed by atoms with van der Waals surface area (Å²) in [5.74, 6) is 0. The van der Waals surface area contributed by atoms with E-state index in [-0.39, 0.29) is 11.8 Å². The van der Waals surface area contributed by atoms with E-state index in [0.29, 0.717) is 0 Å². The predicted molar refractivity (Wildman–Crippen MR) is 69.2 cm³/mol. The number of hydrogen-bond donors (Lipinski definition) is 0. The summed E-state index contributed by atoms with van der Waals surface area (Å²) in [7, 11) is 0. The molecule has 0 N–H and O–H groups in total. The minimum atomic E-state index is 0.0997. The van der Waals surface area contributed by atoms with E-state index in [4.69, 9.17) is 4.84 Å². The fourth-order valence-electron chi connectivity index (χ4n) is 2.46. The first-order valence-corrected chi connectivity index (χ1v) is 6.30. The maximum atomic E-state index is 5.70. The summed E-state index contributed by atoms with van der Waals surface area (Å²) in [4.78, 5) is 5.70. The van der Waals surface area contributed by atoms with Gasteiger partial charge in [-0.3, -0.25) is 4.84 Å². The zero-order valence-corrected chi connectivity index (χ0v) is 10.7. The van der Waals surface area contributed by atoms with Gasteiger partial charge < -0.3 is 0 Å². The van der Waals surface area contributed by atoms with E-state index in [2.05, 4.69) is 56.2 Å². The highest BCUT2D eigenvalue weighted by Gasteiger charge is 2.46. The largest absolute Gasteiger partial charge is 0.270 e. The summed E-state index contributed by atoms with van der Waals surface area (Å²) in [6.07, 6.45) is 4.77. The second-order valence-electron chi connectivity index (χ2n) is 5.87. The lowest BCUT2D eigenvalue weighted by molar-refractivity contribution is 0.101. The molecule has 0 amide bonds. The second-order valence-corrected chi connectivity index (χ2v) is 5.87. The first-order valence-electron chi connectivity index (χ1n) is 6.30. The molecule has 90 valence electrons. The van der Waals surface area contributed by atoms with Crippen molar-refractivity contribution in [1.82, 2.24) is 5.06 Å². The molecule has 1 aromatic rings. The Hall–Kier alpha value is -1.12. The van der Waals surface area contributed by atoms with Crippen molar-refractivity contribution in [1.29, 1.82) is 0 Å². The number of fused-ring (bicyclic) bond motifs is 1. The third kappa shape index (κ3) is 2.03. The topological polar surface area (TPSA) is 15.5 Å². The first kappa shape index (κ1) is 11.0. The molecule has 2 aliphatic rings. The van der Waals surface area contributed by atoms with E-state index in [0.717, 1.165) is 12.8 Å². The monoisotopic (exact) mass is 229 g/mol. The Balaban J connectivity index is 1.82. The molecule has 1 aromatic carbocycles. The van der Waals surface area contributed by atoms with Crippen LogP contribution < -0.4 is 0 Å². The van der Waals surface area contributed by atoms with Gasteiger partial charge in [-0.15, -0.1) is 5.06 Å². The Morgan fingerprint density at radius 2 is 1.94 bits per heavy atom. The minimum absolute atomic E-state index is 0.0997. The molecule has 1 saturated heterocycles. The van der Waals surface area contributed by atoms with Crippen LogP contribution in [0.1, 0.15) is 38.3 Å². The minimum Gasteiger partial charge on any atom is -0.270 e. The summed E-state index contributed by atoms with van der Waals surface area (Å²) in [5.41, 5.74) is 4.33. The van der Waals surface area contributed by atoms with Gasteiger partial charge in [0, 0.05) is 5.54 Å². The number of rotatable bonds is 1. The fraction of sp³-hybridized carbons (Fsp3) is 0.467. The van der Waals surface area contributed by atoms with Gasteiger partial charge in [-0.05, 0) is 50.3 Å². The maximum Gasteiger partial charge on any atom is 0.176 e. The molecule has 0 aromatic heterocycles. The van der Waals surface area contributed by atoms with Crippen molar-refractivity contribution in [3.8, 4) is 0 Å². The van der Waals surface area contributed by atoms with Crippen LogP contribution in [0.15, 0.2) is 29.8 Å². The summed E-state index contributed by atoms with van der Waals surface area (Å²) in [5, 5.41) is 2.09. The number of benzene rings is 1. The second kappa shape index (κ2) is 3.69. The quantitative estimate of drug-likeness (QED) is 0.686. The van der Waals surface area contributed by atoms with Crippen molar-refractivity contribution in [3.63, 3.8) is 0 Å². The molecule has 1 heterocycles. The van der Waals surface area contributed by atoms with Crippen molar-refractivity contribution >= 4 is 6.08 Å². The molecule has 1 fully saturated rings. The van der Waals surface area contributed by atoms with E-state index in [1.165, 1.54) is 16.7 Å². The van der Waals surface area contributed by atoms with Crippen LogP contribution >= 0.6 is 0 Å². The van der Waals surface area contributed by atoms with Crippen molar-refractivity contribution in [2.24, 2.45) is 0 Å². The van der Waals surface area contributed by atoms with Crippen molar-refractivity contribution in [2.75, 3.05) is 0 Å². The number of hydrogen-bond acceptors (Lipinski definition) is 2. The highest BCUT2D eigenvalue weighted by atomic mass is 16.8. The Morgan fingerprint density at radius 3 is 2.65 bits per heavy atom. The smallest absolute Gasteiger partial charge is 0.176 e. The molecular weight excluding hydrogens is 210 g/mol. The number of aryl methyl sites for hydroxylation is 1. The molecule has 2 nitrogen and oxygen atoms in total. The summed E-state index contributed by atoms with van der Waals surface area (Å²) < 4.78 is 0. The van der Waals surface area contributed by atoms with Crippen LogP contribution in [0.25, 0.3) is 6.08 Å². The molecule has 0 spiro atoms. The van der Waals surface area contributed by atoms with Gasteiger partial charge in [0.05, 0.1) is 0 Å². The highest BCUT2D eigenvalue weighted by Crippen LogP contribution is 2.39. The predicted octanol–water partition coefficient (Wildman–Crippen LogP) is 3.39. The molecule has 2 heteroatoms. The first-order chi connectivity index (χ1) is 8.05. The third-order valence-electron chi connectivity index (χ3n) is 3.44. The van der Waals surface area contributed by atoms with E-state index in [1.807, 2.05) is 0 Å². The molecule has 1 aliphatic carbocycles. The normalized spacial score (nSPS) is 27.4. The van der Waals surface area contributed by atoms with E-state index in [1.54, 1.807) is 0 Å². The Labute approximate surface area is 103 Å². The average molecular weight is 229 g/mol.